The Balaban J connectivity index is 1.92. The number of hydrogen-bond donors (Lipinski definition) is 0. The quantitative estimate of drug-likeness (QED) is 0.528. The largest absolute Gasteiger partial charge is 0.298 e. The maximum atomic E-state index is 11.6. The van der Waals surface area contributed by atoms with Crippen molar-refractivity contribution < 1.29 is 4.79 Å². The van der Waals surface area contributed by atoms with Crippen molar-refractivity contribution in [1.29, 1.82) is 0 Å². The smallest absolute Gasteiger partial charge is 0.155 e. The fraction of sp³-hybridized carbons (Fsp3) is 0.167. The molecule has 0 aliphatic carbocycles. The molecule has 3 aromatic rings. The van der Waals surface area contributed by atoms with E-state index in [0.717, 1.165) is 22.6 Å². The van der Waals surface area contributed by atoms with Crippen molar-refractivity contribution in [2.75, 3.05) is 0 Å². The van der Waals surface area contributed by atoms with Crippen LogP contribution in [0.1, 0.15) is 21.5 Å². The second kappa shape index (κ2) is 6.79. The average Bonchev–Trinajstić information content (AvgIpc) is 2.91. The van der Waals surface area contributed by atoms with E-state index < -0.39 is 0 Å². The second-order valence-electron chi connectivity index (χ2n) is 5.26. The van der Waals surface area contributed by atoms with E-state index in [1.807, 2.05) is 31.3 Å². The van der Waals surface area contributed by atoms with Gasteiger partial charge in [-0.25, -0.2) is 0 Å². The maximum Gasteiger partial charge on any atom is 0.155 e. The lowest BCUT2D eigenvalue weighted by Gasteiger charge is -2.06. The molecule has 2 heterocycles. The molecule has 0 saturated heterocycles. The summed E-state index contributed by atoms with van der Waals surface area (Å²) in [5.41, 5.74) is 4.76. The first-order valence-electron chi connectivity index (χ1n) is 7.30. The zero-order valence-electron chi connectivity index (χ0n) is 13.1. The van der Waals surface area contributed by atoms with Crippen LogP contribution in [0.2, 0.25) is 0 Å². The van der Waals surface area contributed by atoms with Crippen molar-refractivity contribution in [1.82, 2.24) is 14.8 Å². The second-order valence-corrected chi connectivity index (χ2v) is 6.22. The molecular weight excluding hydrogens is 306 g/mol. The van der Waals surface area contributed by atoms with Crippen molar-refractivity contribution in [3.63, 3.8) is 0 Å². The van der Waals surface area contributed by atoms with E-state index >= 15 is 0 Å². The first-order chi connectivity index (χ1) is 11.2. The Bertz CT molecular complexity index is 828. The molecule has 0 N–H and O–H groups in total. The van der Waals surface area contributed by atoms with E-state index in [0.29, 0.717) is 11.3 Å². The molecule has 4 nitrogen and oxygen atoms in total. The Kier molecular flexibility index (Phi) is 4.57. The van der Waals surface area contributed by atoms with Crippen LogP contribution in [0.25, 0.3) is 11.3 Å². The molecule has 0 aliphatic heterocycles. The summed E-state index contributed by atoms with van der Waals surface area (Å²) in [7, 11) is 1.87. The standard InChI is InChI=1S/C18H17N3OS/c1-13-5-3-4-6-15(13)12-23-18-16(11-22)17(20-21(18)2)14-7-9-19-10-8-14/h3-11H,12H2,1-2H3. The minimum Gasteiger partial charge on any atom is -0.298 e. The molecule has 23 heavy (non-hydrogen) atoms. The van der Waals surface area contributed by atoms with Crippen LogP contribution in [0.3, 0.4) is 0 Å². The number of rotatable bonds is 5. The molecule has 0 bridgehead atoms. The first kappa shape index (κ1) is 15.5. The molecule has 116 valence electrons. The molecule has 0 spiro atoms. The van der Waals surface area contributed by atoms with Crippen LogP contribution in [0.4, 0.5) is 0 Å². The van der Waals surface area contributed by atoms with E-state index in [1.165, 1.54) is 11.1 Å². The number of thioether (sulfide) groups is 1. The van der Waals surface area contributed by atoms with Gasteiger partial charge < -0.3 is 0 Å². The van der Waals surface area contributed by atoms with Gasteiger partial charge in [-0.3, -0.25) is 14.5 Å². The zero-order chi connectivity index (χ0) is 16.2. The number of benzene rings is 1. The number of hydrogen-bond acceptors (Lipinski definition) is 4. The summed E-state index contributed by atoms with van der Waals surface area (Å²) >= 11 is 1.63. The van der Waals surface area contributed by atoms with Crippen LogP contribution in [0, 0.1) is 6.92 Å². The number of nitrogens with zero attached hydrogens (tertiary/aromatic N) is 3. The van der Waals surface area contributed by atoms with Crippen molar-refractivity contribution >= 4 is 18.0 Å². The third-order valence-electron chi connectivity index (χ3n) is 3.73. The molecule has 0 fully saturated rings. The number of aldehydes is 1. The van der Waals surface area contributed by atoms with Crippen molar-refractivity contribution in [3.05, 3.63) is 65.5 Å². The summed E-state index contributed by atoms with van der Waals surface area (Å²) in [6.45, 7) is 2.10. The maximum absolute atomic E-state index is 11.6. The fourth-order valence-corrected chi connectivity index (χ4v) is 3.59. The Hall–Kier alpha value is -2.40. The Morgan fingerprint density at radius 1 is 1.17 bits per heavy atom. The number of pyridine rings is 1. The van der Waals surface area contributed by atoms with Gasteiger partial charge in [0.25, 0.3) is 0 Å². The summed E-state index contributed by atoms with van der Waals surface area (Å²) in [6.07, 6.45) is 4.31. The fourth-order valence-electron chi connectivity index (χ4n) is 2.44. The van der Waals surface area contributed by atoms with Gasteiger partial charge in [-0.2, -0.15) is 5.10 Å². The molecule has 0 saturated carbocycles. The molecule has 5 heteroatoms. The van der Waals surface area contributed by atoms with Crippen molar-refractivity contribution in [2.45, 2.75) is 17.7 Å². The molecule has 1 aromatic carbocycles. The third kappa shape index (κ3) is 3.19. The average molecular weight is 323 g/mol. The minimum absolute atomic E-state index is 0.636. The summed E-state index contributed by atoms with van der Waals surface area (Å²) < 4.78 is 1.78. The highest BCUT2D eigenvalue weighted by Gasteiger charge is 2.17. The third-order valence-corrected chi connectivity index (χ3v) is 4.94. The van der Waals surface area contributed by atoms with Crippen LogP contribution in [0.15, 0.2) is 53.8 Å². The van der Waals surface area contributed by atoms with Gasteiger partial charge in [0, 0.05) is 30.8 Å². The Morgan fingerprint density at radius 3 is 2.61 bits per heavy atom. The molecule has 0 atom stereocenters. The highest BCUT2D eigenvalue weighted by atomic mass is 32.2. The van der Waals surface area contributed by atoms with Gasteiger partial charge >= 0.3 is 0 Å². The summed E-state index contributed by atoms with van der Waals surface area (Å²) in [6, 6.07) is 12.0. The van der Waals surface area contributed by atoms with Gasteiger partial charge in [0.2, 0.25) is 0 Å². The van der Waals surface area contributed by atoms with Crippen LogP contribution in [-0.2, 0) is 12.8 Å². The summed E-state index contributed by atoms with van der Waals surface area (Å²) in [4.78, 5) is 15.6. The molecular formula is C18H17N3OS. The lowest BCUT2D eigenvalue weighted by Crippen LogP contribution is -1.95. The normalized spacial score (nSPS) is 10.7. The summed E-state index contributed by atoms with van der Waals surface area (Å²) in [5.74, 6) is 0.808. The predicted molar refractivity (Wildman–Crippen MR) is 92.6 cm³/mol. The van der Waals surface area contributed by atoms with Gasteiger partial charge in [0.1, 0.15) is 10.7 Å². The Labute approximate surface area is 139 Å². The number of carbonyl (C=O) groups excluding carboxylic acids is 1. The van der Waals surface area contributed by atoms with Gasteiger partial charge in [0.15, 0.2) is 6.29 Å². The Morgan fingerprint density at radius 2 is 1.91 bits per heavy atom. The van der Waals surface area contributed by atoms with Gasteiger partial charge in [-0.15, -0.1) is 11.8 Å². The molecule has 3 rings (SSSR count). The molecule has 0 unspecified atom stereocenters. The van der Waals surface area contributed by atoms with Gasteiger partial charge in [-0.05, 0) is 30.2 Å². The van der Waals surface area contributed by atoms with E-state index in [-0.39, 0.29) is 0 Å². The molecule has 0 radical (unpaired) electrons. The van der Waals surface area contributed by atoms with Gasteiger partial charge in [0.05, 0.1) is 5.56 Å². The van der Waals surface area contributed by atoms with E-state index in [2.05, 4.69) is 29.1 Å². The van der Waals surface area contributed by atoms with E-state index in [9.17, 15) is 4.79 Å². The molecule has 0 aliphatic rings. The van der Waals surface area contributed by atoms with Crippen LogP contribution in [0.5, 0.6) is 0 Å². The van der Waals surface area contributed by atoms with Crippen LogP contribution >= 0.6 is 11.8 Å². The topological polar surface area (TPSA) is 47.8 Å². The highest BCUT2D eigenvalue weighted by molar-refractivity contribution is 7.98. The first-order valence-corrected chi connectivity index (χ1v) is 8.29. The lowest BCUT2D eigenvalue weighted by atomic mass is 10.1. The minimum atomic E-state index is 0.636. The molecule has 0 amide bonds. The van der Waals surface area contributed by atoms with Crippen molar-refractivity contribution in [3.8, 4) is 11.3 Å². The lowest BCUT2D eigenvalue weighted by molar-refractivity contribution is 0.112. The highest BCUT2D eigenvalue weighted by Crippen LogP contribution is 2.32. The van der Waals surface area contributed by atoms with Crippen LogP contribution < -0.4 is 0 Å². The van der Waals surface area contributed by atoms with Gasteiger partial charge in [-0.1, -0.05) is 24.3 Å². The van der Waals surface area contributed by atoms with Crippen LogP contribution in [-0.4, -0.2) is 21.1 Å². The number of carbonyl (C=O) groups is 1. The number of aryl methyl sites for hydroxylation is 2. The SMILES string of the molecule is Cc1ccccc1CSc1c(C=O)c(-c2ccncc2)nn1C. The number of aromatic nitrogens is 3. The zero-order valence-corrected chi connectivity index (χ0v) is 13.9. The van der Waals surface area contributed by atoms with Crippen molar-refractivity contribution in [2.24, 2.45) is 7.05 Å². The summed E-state index contributed by atoms with van der Waals surface area (Å²) in [5, 5.41) is 5.41. The van der Waals surface area contributed by atoms with E-state index in [4.69, 9.17) is 0 Å². The van der Waals surface area contributed by atoms with E-state index in [1.54, 1.807) is 28.8 Å². The predicted octanol–water partition coefficient (Wildman–Crippen LogP) is 3.90. The molecule has 2 aromatic heterocycles. The monoisotopic (exact) mass is 323 g/mol.